The van der Waals surface area contributed by atoms with E-state index in [0.29, 0.717) is 32.7 Å². The molecule has 1 aliphatic heterocycles. The van der Waals surface area contributed by atoms with E-state index >= 15 is 0 Å². The Bertz CT molecular complexity index is 1820. The summed E-state index contributed by atoms with van der Waals surface area (Å²) in [6, 6.07) is 8.89. The molecule has 2 aromatic carbocycles. The summed E-state index contributed by atoms with van der Waals surface area (Å²) in [5, 5.41) is 0. The third-order valence-electron chi connectivity index (χ3n) is 8.19. The number of pyridine rings is 1. The topological polar surface area (TPSA) is 98.6 Å². The molecule has 0 bridgehead atoms. The van der Waals surface area contributed by atoms with Crippen molar-refractivity contribution in [3.8, 4) is 5.75 Å². The van der Waals surface area contributed by atoms with E-state index in [-0.39, 0.29) is 22.7 Å². The van der Waals surface area contributed by atoms with E-state index in [9.17, 15) is 31.5 Å². The summed E-state index contributed by atoms with van der Waals surface area (Å²) in [4.78, 5) is 36.0. The van der Waals surface area contributed by atoms with Gasteiger partial charge in [0.1, 0.15) is 23.1 Å². The number of piperazine rings is 1. The zero-order chi connectivity index (χ0) is 33.2. The first-order valence-corrected chi connectivity index (χ1v) is 14.5. The lowest BCUT2D eigenvalue weighted by atomic mass is 10.1. The maximum atomic E-state index is 15.0. The normalized spacial score (nSPS) is 14.8. The molecule has 5 rings (SSSR count). The number of alkyl halides is 3. The second-order valence-corrected chi connectivity index (χ2v) is 11.1. The lowest BCUT2D eigenvalue weighted by Crippen LogP contribution is -2.51. The third-order valence-corrected chi connectivity index (χ3v) is 8.19. The highest BCUT2D eigenvalue weighted by molar-refractivity contribution is 5.50. The van der Waals surface area contributed by atoms with Crippen molar-refractivity contribution < 1.29 is 26.7 Å². The molecule has 0 spiro atoms. The number of nitrogens with two attached hydrogens (primary N) is 1. The molecule has 1 saturated heterocycles. The van der Waals surface area contributed by atoms with E-state index in [1.54, 1.807) is 17.3 Å². The molecular formula is C32H33F5N6O3. The summed E-state index contributed by atoms with van der Waals surface area (Å²) in [6.07, 6.45) is -1.45. The quantitative estimate of drug-likeness (QED) is 0.274. The molecule has 1 atom stereocenters. The van der Waals surface area contributed by atoms with Gasteiger partial charge in [0.25, 0.3) is 5.56 Å². The van der Waals surface area contributed by atoms with E-state index in [0.717, 1.165) is 39.0 Å². The van der Waals surface area contributed by atoms with Gasteiger partial charge in [-0.05, 0) is 48.9 Å². The Kier molecular flexibility index (Phi) is 9.58. The summed E-state index contributed by atoms with van der Waals surface area (Å²) in [6.45, 7) is 2.65. The maximum Gasteiger partial charge on any atom is 0.416 e. The van der Waals surface area contributed by atoms with Gasteiger partial charge in [-0.1, -0.05) is 12.1 Å². The molecular weight excluding hydrogens is 611 g/mol. The Morgan fingerprint density at radius 1 is 0.978 bits per heavy atom. The van der Waals surface area contributed by atoms with Gasteiger partial charge in [0.15, 0.2) is 0 Å². The highest BCUT2D eigenvalue weighted by Gasteiger charge is 2.35. The van der Waals surface area contributed by atoms with Crippen LogP contribution in [0.25, 0.3) is 0 Å². The van der Waals surface area contributed by atoms with Crippen LogP contribution in [-0.4, -0.2) is 52.3 Å². The van der Waals surface area contributed by atoms with E-state index in [4.69, 9.17) is 10.5 Å². The molecule has 2 aromatic heterocycles. The summed E-state index contributed by atoms with van der Waals surface area (Å²) < 4.78 is 77.9. The van der Waals surface area contributed by atoms with Crippen LogP contribution >= 0.6 is 0 Å². The Labute approximate surface area is 261 Å². The van der Waals surface area contributed by atoms with Gasteiger partial charge in [-0.2, -0.15) is 13.2 Å². The first-order chi connectivity index (χ1) is 21.9. The Morgan fingerprint density at radius 2 is 1.72 bits per heavy atom. The Morgan fingerprint density at radius 3 is 2.37 bits per heavy atom. The molecule has 244 valence electrons. The number of halogens is 5. The average Bonchev–Trinajstić information content (AvgIpc) is 3.02. The molecule has 3 heterocycles. The van der Waals surface area contributed by atoms with E-state index in [1.165, 1.54) is 26.2 Å². The Hall–Kier alpha value is -4.56. The van der Waals surface area contributed by atoms with Gasteiger partial charge >= 0.3 is 11.9 Å². The van der Waals surface area contributed by atoms with Crippen LogP contribution in [0, 0.1) is 18.6 Å². The highest BCUT2D eigenvalue weighted by atomic mass is 19.4. The number of methoxy groups -OCH3 is 1. The van der Waals surface area contributed by atoms with Crippen molar-refractivity contribution >= 4 is 5.69 Å². The summed E-state index contributed by atoms with van der Waals surface area (Å²) in [5.74, 6) is -1.55. The van der Waals surface area contributed by atoms with Gasteiger partial charge in [0, 0.05) is 61.9 Å². The molecule has 1 aliphatic rings. The van der Waals surface area contributed by atoms with Crippen LogP contribution in [0.15, 0.2) is 70.5 Å². The highest BCUT2D eigenvalue weighted by Crippen LogP contribution is 2.34. The van der Waals surface area contributed by atoms with Crippen molar-refractivity contribution in [1.29, 1.82) is 0 Å². The van der Waals surface area contributed by atoms with Crippen molar-refractivity contribution in [3.63, 3.8) is 0 Å². The Balaban J connectivity index is 1.58. The number of nitrogens with zero attached hydrogens (tertiary/aromatic N) is 5. The number of benzene rings is 2. The predicted molar refractivity (Wildman–Crippen MR) is 162 cm³/mol. The zero-order valence-electron chi connectivity index (χ0n) is 25.2. The fourth-order valence-electron chi connectivity index (χ4n) is 5.81. The number of ether oxygens (including phenoxy) is 1. The van der Waals surface area contributed by atoms with Crippen molar-refractivity contribution in [2.24, 2.45) is 5.73 Å². The second kappa shape index (κ2) is 13.4. The third kappa shape index (κ3) is 6.82. The smallest absolute Gasteiger partial charge is 0.416 e. The fraction of sp³-hybridized carbons (Fsp3) is 0.344. The van der Waals surface area contributed by atoms with Crippen molar-refractivity contribution in [1.82, 2.24) is 19.0 Å². The lowest BCUT2D eigenvalue weighted by Gasteiger charge is -2.37. The van der Waals surface area contributed by atoms with Crippen molar-refractivity contribution in [2.75, 3.05) is 38.2 Å². The molecule has 0 amide bonds. The van der Waals surface area contributed by atoms with Crippen LogP contribution in [0.3, 0.4) is 0 Å². The monoisotopic (exact) mass is 644 g/mol. The van der Waals surface area contributed by atoms with Gasteiger partial charge < -0.3 is 15.4 Å². The van der Waals surface area contributed by atoms with Crippen LogP contribution in [0.2, 0.25) is 0 Å². The summed E-state index contributed by atoms with van der Waals surface area (Å²) >= 11 is 0. The molecule has 9 nitrogen and oxygen atoms in total. The molecule has 46 heavy (non-hydrogen) atoms. The number of aromatic nitrogens is 3. The average molecular weight is 645 g/mol. The van der Waals surface area contributed by atoms with Gasteiger partial charge in [0.2, 0.25) is 0 Å². The van der Waals surface area contributed by atoms with Crippen LogP contribution in [0.4, 0.5) is 27.6 Å². The van der Waals surface area contributed by atoms with Crippen molar-refractivity contribution in [3.05, 3.63) is 121 Å². The largest absolute Gasteiger partial charge is 0.496 e. The second-order valence-electron chi connectivity index (χ2n) is 11.1. The van der Waals surface area contributed by atoms with Gasteiger partial charge in [-0.3, -0.25) is 23.8 Å². The molecule has 0 unspecified atom stereocenters. The minimum atomic E-state index is -4.90. The van der Waals surface area contributed by atoms with Crippen molar-refractivity contribution in [2.45, 2.75) is 38.8 Å². The first kappa shape index (κ1) is 32.8. The van der Waals surface area contributed by atoms with Crippen LogP contribution < -0.4 is 26.6 Å². The van der Waals surface area contributed by atoms with Gasteiger partial charge in [0.05, 0.1) is 31.8 Å². The molecule has 0 saturated carbocycles. The number of hydrogen-bond acceptors (Lipinski definition) is 7. The van der Waals surface area contributed by atoms with E-state index in [2.05, 4.69) is 9.88 Å². The standard InChI is InChI=1S/C32H33F5N6O3/c1-20-29(41-13-11-40(12-14-41)17-21-5-4-10-39-16-21)30(44)43(19-27(38)23-15-22(33)8-9-28(23)46-2)31(45)42(20)18-24-25(32(35,36)37)6-3-7-26(24)34/h3-10,15-16,27H,11-14,17-19,38H2,1-2H3/t27-/m1/s1. The minimum absolute atomic E-state index is 0.0836. The molecule has 4 aromatic rings. The van der Waals surface area contributed by atoms with E-state index < -0.39 is 59.3 Å². The zero-order valence-corrected chi connectivity index (χ0v) is 25.2. The molecule has 14 heteroatoms. The minimum Gasteiger partial charge on any atom is -0.496 e. The lowest BCUT2D eigenvalue weighted by molar-refractivity contribution is -0.138. The van der Waals surface area contributed by atoms with E-state index in [1.807, 2.05) is 12.1 Å². The molecule has 0 radical (unpaired) electrons. The SMILES string of the molecule is COc1ccc(F)cc1[C@H](N)Cn1c(=O)c(N2CCN(Cc3cccnc3)CC2)c(C)n(Cc2c(F)cccc2C(F)(F)F)c1=O. The first-order valence-electron chi connectivity index (χ1n) is 14.5. The summed E-state index contributed by atoms with van der Waals surface area (Å²) in [5.41, 5.74) is 4.08. The predicted octanol–water partition coefficient (Wildman–Crippen LogP) is 4.09. The number of rotatable bonds is 9. The molecule has 1 fully saturated rings. The summed E-state index contributed by atoms with van der Waals surface area (Å²) in [7, 11) is 1.35. The van der Waals surface area contributed by atoms with Gasteiger partial charge in [-0.15, -0.1) is 0 Å². The fourth-order valence-corrected chi connectivity index (χ4v) is 5.81. The maximum absolute atomic E-state index is 15.0. The number of hydrogen-bond donors (Lipinski definition) is 1. The van der Waals surface area contributed by atoms with Gasteiger partial charge in [-0.25, -0.2) is 13.6 Å². The van der Waals surface area contributed by atoms with Crippen LogP contribution in [0.5, 0.6) is 5.75 Å². The van der Waals surface area contributed by atoms with Crippen LogP contribution in [0.1, 0.15) is 34.0 Å². The van der Waals surface area contributed by atoms with Crippen LogP contribution in [-0.2, 0) is 25.8 Å². The number of anilines is 1. The molecule has 2 N–H and O–H groups in total. The molecule has 0 aliphatic carbocycles.